The van der Waals surface area contributed by atoms with Crippen molar-refractivity contribution in [3.05, 3.63) is 35.9 Å². The van der Waals surface area contributed by atoms with E-state index in [9.17, 15) is 22.8 Å². The zero-order chi connectivity index (χ0) is 16.0. The summed E-state index contributed by atoms with van der Waals surface area (Å²) in [6.45, 7) is -1.92. The largest absolute Gasteiger partial charge is 0.405 e. The normalized spacial score (nSPS) is 12.6. The van der Waals surface area contributed by atoms with E-state index in [4.69, 9.17) is 5.73 Å². The maximum atomic E-state index is 12.0. The standard InChI is InChI=1S/C13H16F3N3O2/c1-19(7-10(20)18-8-13(14,15)16)12(21)11(17)9-5-3-2-4-6-9/h2-6,11H,7-8,17H2,1H3,(H,18,20)/t11-/m0/s1. The summed E-state index contributed by atoms with van der Waals surface area (Å²) in [5.41, 5.74) is 6.32. The second kappa shape index (κ2) is 7.07. The SMILES string of the molecule is CN(CC(=O)NCC(F)(F)F)C(=O)[C@@H](N)c1ccccc1. The van der Waals surface area contributed by atoms with Gasteiger partial charge >= 0.3 is 6.18 Å². The van der Waals surface area contributed by atoms with Gasteiger partial charge in [0, 0.05) is 7.05 Å². The van der Waals surface area contributed by atoms with E-state index in [2.05, 4.69) is 0 Å². The van der Waals surface area contributed by atoms with Gasteiger partial charge in [0.25, 0.3) is 0 Å². The number of amides is 2. The molecule has 0 spiro atoms. The molecular weight excluding hydrogens is 287 g/mol. The minimum atomic E-state index is -4.49. The molecule has 0 aliphatic rings. The van der Waals surface area contributed by atoms with Gasteiger partial charge in [0.15, 0.2) is 0 Å². The van der Waals surface area contributed by atoms with Crippen molar-refractivity contribution in [2.75, 3.05) is 20.1 Å². The predicted molar refractivity (Wildman–Crippen MR) is 70.1 cm³/mol. The number of halogens is 3. The number of hydrogen-bond acceptors (Lipinski definition) is 3. The van der Waals surface area contributed by atoms with E-state index in [0.29, 0.717) is 5.56 Å². The fourth-order valence-electron chi connectivity index (χ4n) is 1.59. The Balaban J connectivity index is 2.53. The van der Waals surface area contributed by atoms with Gasteiger partial charge in [0.2, 0.25) is 11.8 Å². The van der Waals surface area contributed by atoms with E-state index in [-0.39, 0.29) is 0 Å². The Kier molecular flexibility index (Phi) is 5.71. The molecule has 0 heterocycles. The summed E-state index contributed by atoms with van der Waals surface area (Å²) in [7, 11) is 1.30. The van der Waals surface area contributed by atoms with Crippen LogP contribution in [-0.2, 0) is 9.59 Å². The molecule has 0 unspecified atom stereocenters. The van der Waals surface area contributed by atoms with Gasteiger partial charge in [0.05, 0.1) is 6.54 Å². The lowest BCUT2D eigenvalue weighted by Gasteiger charge is -2.21. The first kappa shape index (κ1) is 17.0. The van der Waals surface area contributed by atoms with Crippen molar-refractivity contribution in [3.63, 3.8) is 0 Å². The smallest absolute Gasteiger partial charge is 0.345 e. The Labute approximate surface area is 119 Å². The van der Waals surface area contributed by atoms with E-state index in [1.54, 1.807) is 35.6 Å². The first-order valence-corrected chi connectivity index (χ1v) is 6.09. The Bertz CT molecular complexity index is 491. The highest BCUT2D eigenvalue weighted by Crippen LogP contribution is 2.13. The average Bonchev–Trinajstić information content (AvgIpc) is 2.43. The van der Waals surface area contributed by atoms with E-state index in [1.807, 2.05) is 0 Å². The number of carbonyl (C=O) groups excluding carboxylic acids is 2. The summed E-state index contributed by atoms with van der Waals surface area (Å²) < 4.78 is 35.8. The van der Waals surface area contributed by atoms with Crippen molar-refractivity contribution in [2.24, 2.45) is 5.73 Å². The van der Waals surface area contributed by atoms with E-state index in [1.165, 1.54) is 7.05 Å². The second-order valence-electron chi connectivity index (χ2n) is 4.47. The van der Waals surface area contributed by atoms with Gasteiger partial charge in [-0.2, -0.15) is 13.2 Å². The molecule has 1 aromatic carbocycles. The van der Waals surface area contributed by atoms with Crippen molar-refractivity contribution >= 4 is 11.8 Å². The van der Waals surface area contributed by atoms with Crippen molar-refractivity contribution < 1.29 is 22.8 Å². The van der Waals surface area contributed by atoms with Gasteiger partial charge in [-0.25, -0.2) is 0 Å². The molecule has 0 saturated carbocycles. The minimum absolute atomic E-state index is 0.491. The summed E-state index contributed by atoms with van der Waals surface area (Å²) in [5, 5.41) is 1.69. The van der Waals surface area contributed by atoms with Gasteiger partial charge in [-0.1, -0.05) is 30.3 Å². The number of carbonyl (C=O) groups is 2. The molecule has 1 aromatic rings. The van der Waals surface area contributed by atoms with Gasteiger partial charge < -0.3 is 16.0 Å². The number of nitrogens with one attached hydrogen (secondary N) is 1. The van der Waals surface area contributed by atoms with Crippen molar-refractivity contribution in [3.8, 4) is 0 Å². The molecule has 8 heteroatoms. The van der Waals surface area contributed by atoms with Crippen LogP contribution in [0.4, 0.5) is 13.2 Å². The van der Waals surface area contributed by atoms with Crippen LogP contribution in [0.3, 0.4) is 0 Å². The summed E-state index contributed by atoms with van der Waals surface area (Å²) in [6.07, 6.45) is -4.49. The number of benzene rings is 1. The lowest BCUT2D eigenvalue weighted by Crippen LogP contribution is -2.44. The number of hydrogen-bond donors (Lipinski definition) is 2. The van der Waals surface area contributed by atoms with E-state index in [0.717, 1.165) is 4.90 Å². The summed E-state index contributed by atoms with van der Waals surface area (Å²) >= 11 is 0. The molecule has 1 rings (SSSR count). The van der Waals surface area contributed by atoms with Crippen LogP contribution in [0, 0.1) is 0 Å². The summed E-state index contributed by atoms with van der Waals surface area (Å²) in [4.78, 5) is 24.3. The van der Waals surface area contributed by atoms with Crippen LogP contribution < -0.4 is 11.1 Å². The van der Waals surface area contributed by atoms with Crippen molar-refractivity contribution in [2.45, 2.75) is 12.2 Å². The lowest BCUT2D eigenvalue weighted by atomic mass is 10.1. The summed E-state index contributed by atoms with van der Waals surface area (Å²) in [5.74, 6) is -1.45. The zero-order valence-corrected chi connectivity index (χ0v) is 11.4. The third kappa shape index (κ3) is 5.82. The molecule has 0 bridgehead atoms. The molecular formula is C13H16F3N3O2. The molecule has 3 N–H and O–H groups in total. The van der Waals surface area contributed by atoms with Crippen LogP contribution in [0.25, 0.3) is 0 Å². The molecule has 0 radical (unpaired) electrons. The molecule has 0 aliphatic carbocycles. The van der Waals surface area contributed by atoms with Gasteiger partial charge in [0.1, 0.15) is 12.6 Å². The Morgan fingerprint density at radius 2 is 1.86 bits per heavy atom. The maximum Gasteiger partial charge on any atom is 0.405 e. The highest BCUT2D eigenvalue weighted by molar-refractivity contribution is 5.87. The number of alkyl halides is 3. The van der Waals surface area contributed by atoms with Crippen LogP contribution >= 0.6 is 0 Å². The molecule has 1 atom stereocenters. The first-order valence-electron chi connectivity index (χ1n) is 6.09. The summed E-state index contributed by atoms with van der Waals surface area (Å²) in [6, 6.07) is 7.51. The molecule has 116 valence electrons. The predicted octanol–water partition coefficient (Wildman–Crippen LogP) is 0.823. The highest BCUT2D eigenvalue weighted by atomic mass is 19.4. The van der Waals surface area contributed by atoms with Crippen molar-refractivity contribution in [1.29, 1.82) is 0 Å². The monoisotopic (exact) mass is 303 g/mol. The van der Waals surface area contributed by atoms with Crippen LogP contribution in [0.2, 0.25) is 0 Å². The number of rotatable bonds is 5. The third-order valence-corrected chi connectivity index (χ3v) is 2.67. The van der Waals surface area contributed by atoms with Gasteiger partial charge in [-0.05, 0) is 5.56 Å². The molecule has 0 fully saturated rings. The molecule has 21 heavy (non-hydrogen) atoms. The first-order chi connectivity index (χ1) is 9.70. The third-order valence-electron chi connectivity index (χ3n) is 2.67. The fraction of sp³-hybridized carbons (Fsp3) is 0.385. The van der Waals surface area contributed by atoms with Crippen LogP contribution in [0.5, 0.6) is 0 Å². The number of nitrogens with zero attached hydrogens (tertiary/aromatic N) is 1. The average molecular weight is 303 g/mol. The topological polar surface area (TPSA) is 75.4 Å². The maximum absolute atomic E-state index is 12.0. The van der Waals surface area contributed by atoms with Crippen LogP contribution in [0.15, 0.2) is 30.3 Å². The van der Waals surface area contributed by atoms with Gasteiger partial charge in [-0.3, -0.25) is 9.59 Å². The van der Waals surface area contributed by atoms with Crippen LogP contribution in [0.1, 0.15) is 11.6 Å². The van der Waals surface area contributed by atoms with Gasteiger partial charge in [-0.15, -0.1) is 0 Å². The Morgan fingerprint density at radius 3 is 2.38 bits per heavy atom. The molecule has 2 amide bonds. The molecule has 0 aliphatic heterocycles. The van der Waals surface area contributed by atoms with Crippen LogP contribution in [-0.4, -0.2) is 43.0 Å². The quantitative estimate of drug-likeness (QED) is 0.846. The van der Waals surface area contributed by atoms with Crippen molar-refractivity contribution in [1.82, 2.24) is 10.2 Å². The number of likely N-dealkylation sites (N-methyl/N-ethyl adjacent to an activating group) is 1. The molecule has 5 nitrogen and oxygen atoms in total. The van der Waals surface area contributed by atoms with E-state index >= 15 is 0 Å². The fourth-order valence-corrected chi connectivity index (χ4v) is 1.59. The second-order valence-corrected chi connectivity index (χ2v) is 4.47. The highest BCUT2D eigenvalue weighted by Gasteiger charge is 2.28. The number of nitrogens with two attached hydrogens (primary N) is 1. The Hall–Kier alpha value is -2.09. The lowest BCUT2D eigenvalue weighted by molar-refractivity contribution is -0.142. The minimum Gasteiger partial charge on any atom is -0.345 e. The Morgan fingerprint density at radius 1 is 1.29 bits per heavy atom. The van der Waals surface area contributed by atoms with E-state index < -0.39 is 37.1 Å². The molecule has 0 saturated heterocycles. The zero-order valence-electron chi connectivity index (χ0n) is 11.4. The molecule has 0 aromatic heterocycles.